The van der Waals surface area contributed by atoms with E-state index in [2.05, 4.69) is 43.9 Å². The highest BCUT2D eigenvalue weighted by molar-refractivity contribution is 5.91. The highest BCUT2D eigenvalue weighted by Gasteiger charge is 2.10. The molecule has 0 aliphatic rings. The molecule has 3 aromatic carbocycles. The molecule has 0 amide bonds. The molecule has 0 unspecified atom stereocenters. The van der Waals surface area contributed by atoms with E-state index in [4.69, 9.17) is 4.74 Å². The molecule has 0 aromatic heterocycles. The molecule has 0 aliphatic carbocycles. The number of hydrogen-bond acceptors (Lipinski definition) is 3. The maximum atomic E-state index is 12.4. The van der Waals surface area contributed by atoms with E-state index in [0.717, 1.165) is 24.0 Å². The molecule has 0 aliphatic heterocycles. The number of nitrogens with zero attached hydrogens (tertiary/aromatic N) is 1. The Morgan fingerprint density at radius 3 is 2.23 bits per heavy atom. The molecule has 3 heteroatoms. The predicted octanol–water partition coefficient (Wildman–Crippen LogP) is 6.08. The number of esters is 1. The largest absolute Gasteiger partial charge is 0.423 e. The van der Waals surface area contributed by atoms with E-state index < -0.39 is 5.97 Å². The molecule has 0 heterocycles. The molecule has 0 N–H and O–H groups in total. The number of benzene rings is 3. The molecule has 0 spiro atoms. The van der Waals surface area contributed by atoms with Gasteiger partial charge in [-0.3, -0.25) is 0 Å². The molecule has 0 fully saturated rings. The summed E-state index contributed by atoms with van der Waals surface area (Å²) in [6.07, 6.45) is 4.34. The van der Waals surface area contributed by atoms with Crippen molar-refractivity contribution >= 4 is 5.97 Å². The molecule has 3 rings (SSSR count). The Morgan fingerprint density at radius 1 is 0.871 bits per heavy atom. The first-order chi connectivity index (χ1) is 15.1. The van der Waals surface area contributed by atoms with Crippen molar-refractivity contribution in [3.05, 3.63) is 100 Å². The minimum absolute atomic E-state index is 0.326. The number of carbonyl (C=O) groups is 1. The molecule has 31 heavy (non-hydrogen) atoms. The van der Waals surface area contributed by atoms with Gasteiger partial charge in [-0.15, -0.1) is 0 Å². The van der Waals surface area contributed by atoms with Gasteiger partial charge >= 0.3 is 5.97 Å². The summed E-state index contributed by atoms with van der Waals surface area (Å²) in [5, 5.41) is 9.51. The van der Waals surface area contributed by atoms with Crippen LogP contribution in [0.15, 0.2) is 66.7 Å². The smallest absolute Gasteiger partial charge is 0.343 e. The topological polar surface area (TPSA) is 50.1 Å². The fourth-order valence-electron chi connectivity index (χ4n) is 3.11. The Kier molecular flexibility index (Phi) is 7.63. The minimum Gasteiger partial charge on any atom is -0.423 e. The molecular formula is C28H25NO2. The van der Waals surface area contributed by atoms with E-state index in [1.807, 2.05) is 24.3 Å². The van der Waals surface area contributed by atoms with Crippen molar-refractivity contribution in [2.24, 2.45) is 0 Å². The monoisotopic (exact) mass is 407 g/mol. The van der Waals surface area contributed by atoms with Gasteiger partial charge in [0.2, 0.25) is 0 Å². The maximum Gasteiger partial charge on any atom is 0.343 e. The van der Waals surface area contributed by atoms with Crippen molar-refractivity contribution in [3.8, 4) is 23.7 Å². The summed E-state index contributed by atoms with van der Waals surface area (Å²) < 4.78 is 5.44. The second-order valence-electron chi connectivity index (χ2n) is 7.31. The van der Waals surface area contributed by atoms with E-state index in [1.165, 1.54) is 18.4 Å². The van der Waals surface area contributed by atoms with Crippen molar-refractivity contribution in [1.82, 2.24) is 0 Å². The van der Waals surface area contributed by atoms with Crippen molar-refractivity contribution in [2.75, 3.05) is 0 Å². The first-order valence-corrected chi connectivity index (χ1v) is 10.6. The van der Waals surface area contributed by atoms with Crippen LogP contribution in [0.4, 0.5) is 0 Å². The molecule has 3 aromatic rings. The lowest BCUT2D eigenvalue weighted by atomic mass is 10.1. The second kappa shape index (κ2) is 10.8. The Labute approximate surface area is 184 Å². The van der Waals surface area contributed by atoms with Crippen LogP contribution < -0.4 is 4.74 Å². The Hall–Kier alpha value is -3.82. The zero-order chi connectivity index (χ0) is 22.1. The highest BCUT2D eigenvalue weighted by atomic mass is 16.5. The van der Waals surface area contributed by atoms with E-state index in [-0.39, 0.29) is 0 Å². The van der Waals surface area contributed by atoms with Crippen LogP contribution in [0.2, 0.25) is 0 Å². The van der Waals surface area contributed by atoms with Gasteiger partial charge in [-0.1, -0.05) is 56.4 Å². The molecule has 154 valence electrons. The van der Waals surface area contributed by atoms with Gasteiger partial charge in [0.15, 0.2) is 0 Å². The normalized spacial score (nSPS) is 9.97. The highest BCUT2D eigenvalue weighted by Crippen LogP contribution is 2.19. The second-order valence-corrected chi connectivity index (χ2v) is 7.31. The molecule has 0 atom stereocenters. The number of hydrogen-bond donors (Lipinski definition) is 0. The van der Waals surface area contributed by atoms with Gasteiger partial charge in [-0.05, 0) is 72.9 Å². The van der Waals surface area contributed by atoms with Gasteiger partial charge in [0.05, 0.1) is 11.1 Å². The van der Waals surface area contributed by atoms with Gasteiger partial charge < -0.3 is 4.74 Å². The average Bonchev–Trinajstić information content (AvgIpc) is 2.82. The third-order valence-electron chi connectivity index (χ3n) is 5.03. The fraction of sp³-hybridized carbons (Fsp3) is 0.214. The van der Waals surface area contributed by atoms with Crippen LogP contribution in [0.3, 0.4) is 0 Å². The van der Waals surface area contributed by atoms with Crippen LogP contribution in [0.5, 0.6) is 5.75 Å². The summed E-state index contributed by atoms with van der Waals surface area (Å²) in [5.41, 5.74) is 4.81. The minimum atomic E-state index is -0.450. The first-order valence-electron chi connectivity index (χ1n) is 10.6. The summed E-state index contributed by atoms with van der Waals surface area (Å²) in [7, 11) is 0. The van der Waals surface area contributed by atoms with Crippen LogP contribution in [0.1, 0.15) is 64.9 Å². The standard InChI is InChI=1S/C28H25NO2/c1-3-5-6-22-7-9-23(10-8-22)13-14-24-17-18-27(19-26(24)20-29)31-28(30)25-15-11-21(4-2)12-16-25/h7-12,15-19H,3-6H2,1-2H3. The van der Waals surface area contributed by atoms with Gasteiger partial charge in [0.25, 0.3) is 0 Å². The lowest BCUT2D eigenvalue weighted by Gasteiger charge is -2.06. The van der Waals surface area contributed by atoms with Crippen molar-refractivity contribution in [2.45, 2.75) is 39.5 Å². The van der Waals surface area contributed by atoms with Crippen LogP contribution in [0, 0.1) is 23.2 Å². The number of rotatable bonds is 6. The summed E-state index contributed by atoms with van der Waals surface area (Å²) in [5.74, 6) is 6.04. The zero-order valence-electron chi connectivity index (χ0n) is 17.9. The quantitative estimate of drug-likeness (QED) is 0.283. The van der Waals surface area contributed by atoms with Crippen LogP contribution >= 0.6 is 0 Å². The Bertz CT molecular complexity index is 1140. The SMILES string of the molecule is CCCCc1ccc(C#Cc2ccc(OC(=O)c3ccc(CC)cc3)cc2C#N)cc1. The van der Waals surface area contributed by atoms with Crippen LogP contribution in [-0.2, 0) is 12.8 Å². The van der Waals surface area contributed by atoms with E-state index in [1.54, 1.807) is 30.3 Å². The first kappa shape index (κ1) is 21.9. The van der Waals surface area contributed by atoms with E-state index >= 15 is 0 Å². The Balaban J connectivity index is 1.72. The summed E-state index contributed by atoms with van der Waals surface area (Å²) in [4.78, 5) is 12.4. The summed E-state index contributed by atoms with van der Waals surface area (Å²) in [6, 6.07) is 22.6. The summed E-state index contributed by atoms with van der Waals surface area (Å²) in [6.45, 7) is 4.24. The molecule has 0 radical (unpaired) electrons. The van der Waals surface area contributed by atoms with Gasteiger partial charge in [0, 0.05) is 11.1 Å². The van der Waals surface area contributed by atoms with Crippen molar-refractivity contribution in [1.29, 1.82) is 5.26 Å². The van der Waals surface area contributed by atoms with Gasteiger partial charge in [0.1, 0.15) is 11.8 Å². The molecule has 0 saturated carbocycles. The number of unbranched alkanes of at least 4 members (excludes halogenated alkanes) is 1. The average molecular weight is 408 g/mol. The maximum absolute atomic E-state index is 12.4. The molecule has 3 nitrogen and oxygen atoms in total. The zero-order valence-corrected chi connectivity index (χ0v) is 17.9. The third kappa shape index (κ3) is 6.08. The van der Waals surface area contributed by atoms with Gasteiger partial charge in [-0.25, -0.2) is 4.79 Å². The number of nitriles is 1. The number of ether oxygens (including phenoxy) is 1. The van der Waals surface area contributed by atoms with Crippen LogP contribution in [-0.4, -0.2) is 5.97 Å². The third-order valence-corrected chi connectivity index (χ3v) is 5.03. The van der Waals surface area contributed by atoms with Crippen molar-refractivity contribution < 1.29 is 9.53 Å². The Morgan fingerprint density at radius 2 is 1.58 bits per heavy atom. The summed E-state index contributed by atoms with van der Waals surface area (Å²) >= 11 is 0. The van der Waals surface area contributed by atoms with Crippen molar-refractivity contribution in [3.63, 3.8) is 0 Å². The molecule has 0 saturated heterocycles. The van der Waals surface area contributed by atoms with E-state index in [0.29, 0.717) is 22.4 Å². The number of carbonyl (C=O) groups excluding carboxylic acids is 1. The number of aryl methyl sites for hydroxylation is 2. The van der Waals surface area contributed by atoms with Crippen LogP contribution in [0.25, 0.3) is 0 Å². The molecule has 0 bridgehead atoms. The lowest BCUT2D eigenvalue weighted by Crippen LogP contribution is -2.08. The fourth-order valence-corrected chi connectivity index (χ4v) is 3.11. The predicted molar refractivity (Wildman–Crippen MR) is 123 cm³/mol. The lowest BCUT2D eigenvalue weighted by molar-refractivity contribution is 0.0734. The molecular weight excluding hydrogens is 382 g/mol. The van der Waals surface area contributed by atoms with E-state index in [9.17, 15) is 10.1 Å². The van der Waals surface area contributed by atoms with Gasteiger partial charge in [-0.2, -0.15) is 5.26 Å².